The van der Waals surface area contributed by atoms with Crippen LogP contribution in [0.15, 0.2) is 0 Å². The molecule has 0 radical (unpaired) electrons. The number of aliphatic hydroxyl groups is 1. The van der Waals surface area contributed by atoms with Gasteiger partial charge in [-0.05, 0) is 13.3 Å². The molecule has 1 fully saturated rings. The van der Waals surface area contributed by atoms with E-state index in [2.05, 4.69) is 4.74 Å². The molecule has 1 aliphatic rings. The summed E-state index contributed by atoms with van der Waals surface area (Å²) in [6, 6.07) is 0. The first-order valence-corrected chi connectivity index (χ1v) is 4.25. The largest absolute Gasteiger partial charge is 0.465 e. The number of halogens is 3. The van der Waals surface area contributed by atoms with Crippen LogP contribution >= 0.6 is 0 Å². The molecule has 0 bridgehead atoms. The van der Waals surface area contributed by atoms with E-state index < -0.39 is 30.1 Å². The van der Waals surface area contributed by atoms with Gasteiger partial charge in [0.2, 0.25) is 0 Å². The van der Waals surface area contributed by atoms with Crippen molar-refractivity contribution in [2.24, 2.45) is 11.3 Å². The number of esters is 1. The molecule has 6 heteroatoms. The van der Waals surface area contributed by atoms with Crippen LogP contribution in [0, 0.1) is 11.3 Å². The summed E-state index contributed by atoms with van der Waals surface area (Å²) < 4.78 is 41.8. The van der Waals surface area contributed by atoms with Crippen molar-refractivity contribution in [1.29, 1.82) is 0 Å². The Bertz CT molecular complexity index is 238. The van der Waals surface area contributed by atoms with Crippen LogP contribution in [0.2, 0.25) is 0 Å². The fourth-order valence-electron chi connectivity index (χ4n) is 1.52. The van der Waals surface area contributed by atoms with Crippen molar-refractivity contribution in [2.45, 2.75) is 19.5 Å². The van der Waals surface area contributed by atoms with Crippen molar-refractivity contribution in [3.8, 4) is 0 Å². The first-order valence-electron chi connectivity index (χ1n) is 4.25. The lowest BCUT2D eigenvalue weighted by molar-refractivity contribution is -0.211. The molecule has 0 aliphatic heterocycles. The molecule has 3 nitrogen and oxygen atoms in total. The number of rotatable bonds is 3. The van der Waals surface area contributed by atoms with E-state index in [-0.39, 0.29) is 13.0 Å². The summed E-state index contributed by atoms with van der Waals surface area (Å²) in [5, 5.41) is 8.61. The summed E-state index contributed by atoms with van der Waals surface area (Å²) in [5.74, 6) is -2.31. The van der Waals surface area contributed by atoms with Crippen LogP contribution in [0.3, 0.4) is 0 Å². The lowest BCUT2D eigenvalue weighted by Crippen LogP contribution is -2.36. The Morgan fingerprint density at radius 1 is 1.64 bits per heavy atom. The van der Waals surface area contributed by atoms with Gasteiger partial charge in [-0.1, -0.05) is 0 Å². The predicted octanol–water partition coefficient (Wildman–Crippen LogP) is 1.11. The van der Waals surface area contributed by atoms with Gasteiger partial charge in [-0.3, -0.25) is 4.79 Å². The van der Waals surface area contributed by atoms with Crippen LogP contribution in [0.5, 0.6) is 0 Å². The summed E-state index contributed by atoms with van der Waals surface area (Å²) in [4.78, 5) is 11.1. The molecule has 1 unspecified atom stereocenters. The molecular weight excluding hydrogens is 201 g/mol. The molecule has 1 rings (SSSR count). The highest BCUT2D eigenvalue weighted by atomic mass is 19.4. The summed E-state index contributed by atoms with van der Waals surface area (Å²) in [6.07, 6.45) is -5.00. The topological polar surface area (TPSA) is 46.5 Å². The summed E-state index contributed by atoms with van der Waals surface area (Å²) >= 11 is 0. The van der Waals surface area contributed by atoms with Gasteiger partial charge in [0.05, 0.1) is 6.61 Å². The predicted molar refractivity (Wildman–Crippen MR) is 40.3 cm³/mol. The highest BCUT2D eigenvalue weighted by Crippen LogP contribution is 2.62. The van der Waals surface area contributed by atoms with Gasteiger partial charge in [0, 0.05) is 12.5 Å². The zero-order valence-corrected chi connectivity index (χ0v) is 7.60. The molecule has 0 saturated heterocycles. The Labute approximate surface area is 78.9 Å². The normalized spacial score (nSPS) is 31.4. The average molecular weight is 212 g/mol. The third kappa shape index (κ3) is 1.47. The number of hydrogen-bond acceptors (Lipinski definition) is 3. The van der Waals surface area contributed by atoms with Crippen molar-refractivity contribution in [3.63, 3.8) is 0 Å². The lowest BCUT2D eigenvalue weighted by atomic mass is 10.0. The Morgan fingerprint density at radius 3 is 2.50 bits per heavy atom. The first-order chi connectivity index (χ1) is 6.40. The van der Waals surface area contributed by atoms with E-state index >= 15 is 0 Å². The second kappa shape index (κ2) is 3.42. The Morgan fingerprint density at radius 2 is 2.21 bits per heavy atom. The summed E-state index contributed by atoms with van der Waals surface area (Å²) in [7, 11) is 0. The van der Waals surface area contributed by atoms with Crippen LogP contribution in [-0.4, -0.2) is 30.5 Å². The maximum Gasteiger partial charge on any atom is 0.405 e. The van der Waals surface area contributed by atoms with Crippen LogP contribution in [-0.2, 0) is 9.53 Å². The minimum Gasteiger partial charge on any atom is -0.465 e. The van der Waals surface area contributed by atoms with Crippen LogP contribution in [0.4, 0.5) is 13.2 Å². The number of carbonyl (C=O) groups excluding carboxylic acids is 1. The van der Waals surface area contributed by atoms with Gasteiger partial charge in [-0.2, -0.15) is 13.2 Å². The van der Waals surface area contributed by atoms with Gasteiger partial charge < -0.3 is 9.84 Å². The molecule has 0 aromatic carbocycles. The molecular formula is C8H11F3O3. The number of hydrogen-bond donors (Lipinski definition) is 1. The minimum absolute atomic E-state index is 0.0885. The molecule has 1 N–H and O–H groups in total. The highest BCUT2D eigenvalue weighted by Gasteiger charge is 2.76. The zero-order valence-electron chi connectivity index (χ0n) is 7.60. The quantitative estimate of drug-likeness (QED) is 0.713. The van der Waals surface area contributed by atoms with E-state index in [0.29, 0.717) is 0 Å². The number of aliphatic hydroxyl groups excluding tert-OH is 1. The fraction of sp³-hybridized carbons (Fsp3) is 0.875. The van der Waals surface area contributed by atoms with Crippen molar-refractivity contribution in [1.82, 2.24) is 0 Å². The first kappa shape index (κ1) is 11.3. The number of alkyl halides is 3. The van der Waals surface area contributed by atoms with Crippen molar-refractivity contribution < 1.29 is 27.8 Å². The van der Waals surface area contributed by atoms with Crippen molar-refractivity contribution in [2.75, 3.05) is 13.2 Å². The molecule has 0 spiro atoms. The van der Waals surface area contributed by atoms with Gasteiger partial charge in [-0.25, -0.2) is 0 Å². The van der Waals surface area contributed by atoms with Crippen LogP contribution in [0.25, 0.3) is 0 Å². The van der Waals surface area contributed by atoms with E-state index in [1.165, 1.54) is 6.92 Å². The molecule has 0 aromatic heterocycles. The molecule has 0 heterocycles. The van der Waals surface area contributed by atoms with E-state index in [4.69, 9.17) is 5.11 Å². The van der Waals surface area contributed by atoms with Gasteiger partial charge in [0.25, 0.3) is 0 Å². The smallest absolute Gasteiger partial charge is 0.405 e. The van der Waals surface area contributed by atoms with Crippen LogP contribution < -0.4 is 0 Å². The molecule has 0 amide bonds. The van der Waals surface area contributed by atoms with E-state index in [9.17, 15) is 18.0 Å². The third-order valence-corrected chi connectivity index (χ3v) is 2.47. The van der Waals surface area contributed by atoms with Gasteiger partial charge in [0.1, 0.15) is 0 Å². The van der Waals surface area contributed by atoms with Crippen molar-refractivity contribution in [3.05, 3.63) is 0 Å². The highest BCUT2D eigenvalue weighted by molar-refractivity contribution is 5.81. The molecule has 0 aromatic rings. The monoisotopic (exact) mass is 212 g/mol. The summed E-state index contributed by atoms with van der Waals surface area (Å²) in [6.45, 7) is 0.714. The van der Waals surface area contributed by atoms with Gasteiger partial charge in [-0.15, -0.1) is 0 Å². The molecule has 1 aliphatic carbocycles. The second-order valence-corrected chi connectivity index (χ2v) is 3.27. The van der Waals surface area contributed by atoms with E-state index in [0.717, 1.165) is 0 Å². The second-order valence-electron chi connectivity index (χ2n) is 3.27. The Hall–Kier alpha value is -0.780. The van der Waals surface area contributed by atoms with Crippen molar-refractivity contribution >= 4 is 5.97 Å². The molecule has 1 saturated carbocycles. The number of carbonyl (C=O) groups is 1. The molecule has 2 atom stereocenters. The molecule has 14 heavy (non-hydrogen) atoms. The Balaban J connectivity index is 2.82. The Kier molecular flexibility index (Phi) is 2.76. The van der Waals surface area contributed by atoms with E-state index in [1.54, 1.807) is 0 Å². The minimum atomic E-state index is -4.63. The maximum absolute atomic E-state index is 12.5. The lowest BCUT2D eigenvalue weighted by Gasteiger charge is -2.18. The molecule has 82 valence electrons. The van der Waals surface area contributed by atoms with E-state index in [1.807, 2.05) is 0 Å². The number of ether oxygens (including phenoxy) is 1. The standard InChI is InChI=1S/C8H11F3O3/c1-2-14-6(13)7(8(9,10)11)3-5(7)4-12/h5,12H,2-4H2,1H3/t5?,7-/m1/s1. The zero-order chi connectivity index (χ0) is 11.0. The SMILES string of the molecule is CCOC(=O)[C@@]1(C(F)(F)F)CC1CO. The fourth-order valence-corrected chi connectivity index (χ4v) is 1.52. The maximum atomic E-state index is 12.5. The average Bonchev–Trinajstić information content (AvgIpc) is 2.78. The summed E-state index contributed by atoms with van der Waals surface area (Å²) in [5.41, 5.74) is -2.45. The van der Waals surface area contributed by atoms with Gasteiger partial charge >= 0.3 is 12.1 Å². The van der Waals surface area contributed by atoms with Crippen LogP contribution in [0.1, 0.15) is 13.3 Å². The van der Waals surface area contributed by atoms with Gasteiger partial charge in [0.15, 0.2) is 5.41 Å². The third-order valence-electron chi connectivity index (χ3n) is 2.47.